The Morgan fingerprint density at radius 3 is 2.86 bits per heavy atom. The van der Waals surface area contributed by atoms with Crippen molar-refractivity contribution in [3.8, 4) is 5.75 Å². The number of oxazole rings is 1. The molecule has 0 aliphatic rings. The van der Waals surface area contributed by atoms with Crippen LogP contribution < -0.4 is 21.1 Å². The van der Waals surface area contributed by atoms with Crippen LogP contribution in [0.2, 0.25) is 5.02 Å². The van der Waals surface area contributed by atoms with Crippen molar-refractivity contribution in [2.24, 2.45) is 0 Å². The van der Waals surface area contributed by atoms with Crippen molar-refractivity contribution in [3.63, 3.8) is 0 Å². The molecule has 2 aromatic carbocycles. The fourth-order valence-corrected chi connectivity index (χ4v) is 2.94. The molecule has 0 aliphatic heterocycles. The van der Waals surface area contributed by atoms with Crippen molar-refractivity contribution >= 4 is 45.8 Å². The second-order valence-corrected chi connectivity index (χ2v) is 6.55. The first kappa shape index (κ1) is 18.8. The number of fused-ring (bicyclic) bond motifs is 1. The number of nitrogens with zero attached hydrogens (tertiary/aromatic N) is 2. The number of H-pyrrole nitrogens is 1. The van der Waals surface area contributed by atoms with Crippen LogP contribution in [0.5, 0.6) is 5.75 Å². The van der Waals surface area contributed by atoms with E-state index in [0.29, 0.717) is 28.2 Å². The molecule has 3 N–H and O–H groups in total. The molecule has 0 bridgehead atoms. The lowest BCUT2D eigenvalue weighted by Gasteiger charge is -2.13. The third-order valence-electron chi connectivity index (χ3n) is 4.17. The Bertz CT molecular complexity index is 1270. The number of ether oxygens (including phenoxy) is 1. The highest BCUT2D eigenvalue weighted by Crippen LogP contribution is 2.31. The zero-order valence-electron chi connectivity index (χ0n) is 15.3. The highest BCUT2D eigenvalue weighted by molar-refractivity contribution is 6.32. The quantitative estimate of drug-likeness (QED) is 0.440. The van der Waals surface area contributed by atoms with Gasteiger partial charge in [0.25, 0.3) is 0 Å². The molecule has 148 valence electrons. The van der Waals surface area contributed by atoms with Gasteiger partial charge in [-0.2, -0.15) is 4.98 Å². The van der Waals surface area contributed by atoms with Gasteiger partial charge in [-0.1, -0.05) is 17.7 Å². The highest BCUT2D eigenvalue weighted by Gasteiger charge is 2.14. The Morgan fingerprint density at radius 1 is 1.24 bits per heavy atom. The molecule has 4 aromatic rings. The molecule has 0 unspecified atom stereocenters. The van der Waals surface area contributed by atoms with Crippen molar-refractivity contribution in [3.05, 3.63) is 63.5 Å². The molecule has 0 atom stereocenters. The van der Waals surface area contributed by atoms with Crippen molar-refractivity contribution in [1.29, 1.82) is 0 Å². The predicted molar refractivity (Wildman–Crippen MR) is 108 cm³/mol. The van der Waals surface area contributed by atoms with E-state index in [0.717, 1.165) is 0 Å². The summed E-state index contributed by atoms with van der Waals surface area (Å²) in [6.45, 7) is 1.75. The molecule has 0 radical (unpaired) electrons. The van der Waals surface area contributed by atoms with Gasteiger partial charge in [0.2, 0.25) is 5.95 Å². The second kappa shape index (κ2) is 7.44. The molecule has 0 saturated carbocycles. The van der Waals surface area contributed by atoms with Crippen LogP contribution in [-0.4, -0.2) is 22.1 Å². The summed E-state index contributed by atoms with van der Waals surface area (Å²) in [6, 6.07) is 8.31. The summed E-state index contributed by atoms with van der Waals surface area (Å²) in [6.07, 6.45) is 1.39. The van der Waals surface area contributed by atoms with Crippen LogP contribution in [0.1, 0.15) is 5.56 Å². The third-order valence-corrected chi connectivity index (χ3v) is 4.45. The van der Waals surface area contributed by atoms with E-state index < -0.39 is 11.6 Å². The van der Waals surface area contributed by atoms with Gasteiger partial charge in [-0.15, -0.1) is 0 Å². The minimum absolute atomic E-state index is 0.138. The van der Waals surface area contributed by atoms with Gasteiger partial charge < -0.3 is 19.8 Å². The summed E-state index contributed by atoms with van der Waals surface area (Å²) < 4.78 is 24.6. The van der Waals surface area contributed by atoms with Gasteiger partial charge in [-0.3, -0.25) is 4.98 Å². The van der Waals surface area contributed by atoms with Gasteiger partial charge in [0, 0.05) is 5.69 Å². The van der Waals surface area contributed by atoms with Gasteiger partial charge in [0.1, 0.15) is 5.02 Å². The van der Waals surface area contributed by atoms with Gasteiger partial charge >= 0.3 is 5.76 Å². The minimum Gasteiger partial charge on any atom is -0.493 e. The first-order chi connectivity index (χ1) is 13.9. The van der Waals surface area contributed by atoms with Crippen LogP contribution in [0.3, 0.4) is 0 Å². The summed E-state index contributed by atoms with van der Waals surface area (Å²) >= 11 is 6.19. The Labute approximate surface area is 168 Å². The molecule has 2 aromatic heterocycles. The number of hydrogen-bond acceptors (Lipinski definition) is 7. The maximum absolute atomic E-state index is 14.6. The normalized spacial score (nSPS) is 10.9. The van der Waals surface area contributed by atoms with E-state index in [2.05, 4.69) is 25.6 Å². The number of nitrogens with one attached hydrogen (secondary N) is 3. The number of aromatic amines is 1. The van der Waals surface area contributed by atoms with Crippen LogP contribution in [-0.2, 0) is 0 Å². The summed E-state index contributed by atoms with van der Waals surface area (Å²) in [7, 11) is 1.40. The second-order valence-electron chi connectivity index (χ2n) is 6.14. The number of aryl methyl sites for hydroxylation is 1. The van der Waals surface area contributed by atoms with Crippen molar-refractivity contribution < 1.29 is 13.5 Å². The lowest BCUT2D eigenvalue weighted by molar-refractivity contribution is 0.384. The Hall–Kier alpha value is -3.59. The maximum Gasteiger partial charge on any atom is 0.417 e. The predicted octanol–water partition coefficient (Wildman–Crippen LogP) is 4.51. The number of halogens is 2. The molecule has 10 heteroatoms. The van der Waals surface area contributed by atoms with Crippen LogP contribution in [0, 0.1) is 12.7 Å². The van der Waals surface area contributed by atoms with E-state index in [4.69, 9.17) is 20.8 Å². The molecule has 0 aliphatic carbocycles. The van der Waals surface area contributed by atoms with E-state index in [1.54, 1.807) is 37.3 Å². The van der Waals surface area contributed by atoms with Gasteiger partial charge in [-0.05, 0) is 36.8 Å². The minimum atomic E-state index is -0.546. The Balaban J connectivity index is 1.63. The molecular weight excluding hydrogens is 401 g/mol. The number of rotatable bonds is 5. The summed E-state index contributed by atoms with van der Waals surface area (Å²) in [5.41, 5.74) is 2.41. The monoisotopic (exact) mass is 415 g/mol. The molecule has 2 heterocycles. The molecule has 0 fully saturated rings. The summed E-state index contributed by atoms with van der Waals surface area (Å²) in [5.74, 6) is -0.507. The van der Waals surface area contributed by atoms with E-state index in [1.807, 2.05) is 0 Å². The fourth-order valence-electron chi connectivity index (χ4n) is 2.80. The zero-order valence-corrected chi connectivity index (χ0v) is 16.1. The average molecular weight is 416 g/mol. The molecule has 0 amide bonds. The Morgan fingerprint density at radius 2 is 2.07 bits per heavy atom. The Kier molecular flexibility index (Phi) is 4.81. The fraction of sp³-hybridized carbons (Fsp3) is 0.105. The third kappa shape index (κ3) is 3.72. The van der Waals surface area contributed by atoms with Crippen LogP contribution in [0.15, 0.2) is 45.7 Å². The van der Waals surface area contributed by atoms with Crippen molar-refractivity contribution in [2.75, 3.05) is 17.7 Å². The number of methoxy groups -OCH3 is 1. The lowest BCUT2D eigenvalue weighted by atomic mass is 10.2. The van der Waals surface area contributed by atoms with Gasteiger partial charge in [0.05, 0.1) is 24.5 Å². The van der Waals surface area contributed by atoms with E-state index >= 15 is 0 Å². The summed E-state index contributed by atoms with van der Waals surface area (Å²) in [4.78, 5) is 22.2. The van der Waals surface area contributed by atoms with Gasteiger partial charge in [0.15, 0.2) is 23.0 Å². The molecule has 29 heavy (non-hydrogen) atoms. The number of aromatic nitrogens is 3. The number of hydrogen-bond donors (Lipinski definition) is 3. The maximum atomic E-state index is 14.6. The molecule has 8 nitrogen and oxygen atoms in total. The van der Waals surface area contributed by atoms with E-state index in [1.165, 1.54) is 13.3 Å². The highest BCUT2D eigenvalue weighted by atomic mass is 35.5. The molecule has 0 saturated heterocycles. The SMILES string of the molecule is COc1c(C)ccc(Nc2ncc(Cl)c(Nc3ccc4oc(=O)[nH]c4c3)n2)c1F. The zero-order chi connectivity index (χ0) is 20.5. The van der Waals surface area contributed by atoms with Crippen molar-refractivity contribution in [1.82, 2.24) is 15.0 Å². The summed E-state index contributed by atoms with van der Waals surface area (Å²) in [5, 5.41) is 6.13. The van der Waals surface area contributed by atoms with E-state index in [9.17, 15) is 9.18 Å². The molecular formula is C19H15ClFN5O3. The number of anilines is 4. The first-order valence-electron chi connectivity index (χ1n) is 8.47. The van der Waals surface area contributed by atoms with Crippen molar-refractivity contribution in [2.45, 2.75) is 6.92 Å². The van der Waals surface area contributed by atoms with Crippen LogP contribution >= 0.6 is 11.6 Å². The topological polar surface area (TPSA) is 105 Å². The lowest BCUT2D eigenvalue weighted by Crippen LogP contribution is -2.04. The standard InChI is InChI=1S/C19H15ClFN5O3/c1-9-3-5-12(15(21)16(9)28-2)24-18-22-8-11(20)17(26-18)23-10-4-6-14-13(7-10)25-19(27)29-14/h3-8H,1-2H3,(H,25,27)(H2,22,23,24,26). The first-order valence-corrected chi connectivity index (χ1v) is 8.85. The van der Waals surface area contributed by atoms with Gasteiger partial charge in [-0.25, -0.2) is 14.2 Å². The van der Waals surface area contributed by atoms with Crippen LogP contribution in [0.25, 0.3) is 11.1 Å². The van der Waals surface area contributed by atoms with Crippen LogP contribution in [0.4, 0.5) is 27.5 Å². The largest absolute Gasteiger partial charge is 0.493 e. The molecule has 4 rings (SSSR count). The van der Waals surface area contributed by atoms with E-state index in [-0.39, 0.29) is 22.4 Å². The average Bonchev–Trinajstić information content (AvgIpc) is 3.06. The smallest absolute Gasteiger partial charge is 0.417 e. The molecule has 0 spiro atoms. The number of benzene rings is 2.